The molecule has 0 aromatic rings. The number of hydrogen-bond donors (Lipinski definition) is 1. The van der Waals surface area contributed by atoms with Gasteiger partial charge in [0.2, 0.25) is 10.4 Å². The van der Waals surface area contributed by atoms with E-state index in [9.17, 15) is 13.0 Å². The van der Waals surface area contributed by atoms with Crippen LogP contribution in [0.3, 0.4) is 0 Å². The maximum Gasteiger partial charge on any atom is 0.217 e. The molecule has 1 N–H and O–H groups in total. The highest BCUT2D eigenvalue weighted by Crippen LogP contribution is 2.04. The monoisotopic (exact) mass is 340 g/mol. The molecule has 22 heavy (non-hydrogen) atoms. The number of hydrogen-bond acceptors (Lipinski definition) is 5. The van der Waals surface area contributed by atoms with Crippen molar-refractivity contribution in [2.45, 2.75) is 51.9 Å². The van der Waals surface area contributed by atoms with Crippen molar-refractivity contribution in [2.24, 2.45) is 0 Å². The Morgan fingerprint density at radius 1 is 0.955 bits per heavy atom. The Morgan fingerprint density at radius 2 is 1.41 bits per heavy atom. The number of quaternary nitrogens is 1. The summed E-state index contributed by atoms with van der Waals surface area (Å²) >= 11 is 0. The molecular weight excluding hydrogens is 304 g/mol. The Labute approximate surface area is 137 Å². The van der Waals surface area contributed by atoms with Crippen LogP contribution in [0.1, 0.15) is 51.9 Å². The molecule has 6 nitrogen and oxygen atoms in total. The van der Waals surface area contributed by atoms with E-state index in [-0.39, 0.29) is 0 Å². The van der Waals surface area contributed by atoms with E-state index >= 15 is 0 Å². The van der Waals surface area contributed by atoms with Crippen molar-refractivity contribution < 1.29 is 21.6 Å². The van der Waals surface area contributed by atoms with Crippen LogP contribution in [0.4, 0.5) is 0 Å². The fraction of sp³-hybridized carbons (Fsp3) is 1.00. The van der Waals surface area contributed by atoms with Gasteiger partial charge >= 0.3 is 0 Å². The number of rotatable bonds is 12. The molecule has 0 aliphatic heterocycles. The van der Waals surface area contributed by atoms with Crippen LogP contribution in [-0.4, -0.2) is 65.3 Å². The van der Waals surface area contributed by atoms with Gasteiger partial charge in [-0.1, -0.05) is 39.0 Å². The van der Waals surface area contributed by atoms with Gasteiger partial charge in [0.25, 0.3) is 0 Å². The summed E-state index contributed by atoms with van der Waals surface area (Å²) in [5.41, 5.74) is 0. The van der Waals surface area contributed by atoms with Gasteiger partial charge in [-0.15, -0.1) is 0 Å². The number of nitrogens with zero attached hydrogens (tertiary/aromatic N) is 1. The molecule has 0 unspecified atom stereocenters. The predicted octanol–water partition coefficient (Wildman–Crippen LogP) is 2.13. The normalized spacial score (nSPS) is 11.9. The highest BCUT2D eigenvalue weighted by molar-refractivity contribution is 7.80. The van der Waals surface area contributed by atoms with Crippen molar-refractivity contribution in [2.75, 3.05) is 47.9 Å². The summed E-state index contributed by atoms with van der Waals surface area (Å²) in [7, 11) is 3.17. The molecular formula is C15H36N2O4S. The van der Waals surface area contributed by atoms with Crippen molar-refractivity contribution in [1.82, 2.24) is 5.32 Å². The third kappa shape index (κ3) is 28.0. The molecule has 0 amide bonds. The first-order chi connectivity index (χ1) is 10.1. The molecule has 0 atom stereocenters. The quantitative estimate of drug-likeness (QED) is 0.255. The molecule has 0 bridgehead atoms. The third-order valence-electron chi connectivity index (χ3n) is 3.09. The van der Waals surface area contributed by atoms with E-state index in [0.29, 0.717) is 0 Å². The highest BCUT2D eigenvalue weighted by atomic mass is 32.3. The number of nitrogens with one attached hydrogen (secondary N) is 1. The first-order valence-corrected chi connectivity index (χ1v) is 9.48. The molecule has 7 heteroatoms. The van der Waals surface area contributed by atoms with E-state index in [1.165, 1.54) is 64.6 Å². The molecule has 0 saturated heterocycles. The van der Waals surface area contributed by atoms with Crippen LogP contribution in [-0.2, 0) is 14.6 Å². The van der Waals surface area contributed by atoms with Gasteiger partial charge in [0.15, 0.2) is 0 Å². The summed E-state index contributed by atoms with van der Waals surface area (Å²) < 4.78 is 32.1. The average Bonchev–Trinajstić information content (AvgIpc) is 2.39. The maximum absolute atomic E-state index is 9.22. The fourth-order valence-corrected chi connectivity index (χ4v) is 1.83. The molecule has 0 aromatic heterocycles. The second kappa shape index (κ2) is 14.4. The molecule has 0 heterocycles. The molecule has 0 aliphatic rings. The molecule has 0 fully saturated rings. The van der Waals surface area contributed by atoms with Crippen molar-refractivity contribution in [1.29, 1.82) is 0 Å². The van der Waals surface area contributed by atoms with E-state index in [4.69, 9.17) is 0 Å². The van der Waals surface area contributed by atoms with Crippen LogP contribution < -0.4 is 5.32 Å². The van der Waals surface area contributed by atoms with Crippen LogP contribution >= 0.6 is 0 Å². The van der Waals surface area contributed by atoms with Crippen LogP contribution in [0.5, 0.6) is 0 Å². The van der Waals surface area contributed by atoms with E-state index in [1.54, 1.807) is 0 Å². The van der Waals surface area contributed by atoms with Gasteiger partial charge in [-0.3, -0.25) is 4.18 Å². The van der Waals surface area contributed by atoms with E-state index in [2.05, 4.69) is 37.6 Å². The smallest absolute Gasteiger partial charge is 0.217 e. The lowest BCUT2D eigenvalue weighted by Gasteiger charge is -2.23. The van der Waals surface area contributed by atoms with Crippen molar-refractivity contribution in [3.05, 3.63) is 0 Å². The second-order valence-electron chi connectivity index (χ2n) is 6.46. The molecule has 136 valence electrons. The Balaban J connectivity index is 0. The number of unbranched alkanes of at least 4 members (excludes halogenated alkanes) is 5. The third-order valence-corrected chi connectivity index (χ3v) is 3.50. The summed E-state index contributed by atoms with van der Waals surface area (Å²) in [6, 6.07) is 0. The zero-order chi connectivity index (χ0) is 17.5. The van der Waals surface area contributed by atoms with Crippen LogP contribution in [0.15, 0.2) is 0 Å². The van der Waals surface area contributed by atoms with Crippen LogP contribution in [0.25, 0.3) is 0 Å². The van der Waals surface area contributed by atoms with Gasteiger partial charge in [0.05, 0.1) is 34.8 Å². The average molecular weight is 341 g/mol. The lowest BCUT2D eigenvalue weighted by molar-refractivity contribution is -0.870. The zero-order valence-electron chi connectivity index (χ0n) is 15.1. The van der Waals surface area contributed by atoms with E-state index < -0.39 is 10.4 Å². The lowest BCUT2D eigenvalue weighted by Crippen LogP contribution is -2.36. The molecule has 0 aliphatic carbocycles. The molecule has 0 saturated carbocycles. The van der Waals surface area contributed by atoms with Gasteiger partial charge in [-0.25, -0.2) is 8.42 Å². The van der Waals surface area contributed by atoms with E-state index in [0.717, 1.165) is 11.6 Å². The minimum absolute atomic E-state index is 0.808. The standard InChI is InChI=1S/C14H33N2.CH4O4S/c1-5-6-7-8-9-10-12-15-13-11-14-16(2,3)4;1-5-6(2,3)4/h15H,5-14H2,1-4H3;1H3,(H,2,3,4)/q+1;/p-1. The Kier molecular flexibility index (Phi) is 15.7. The summed E-state index contributed by atoms with van der Waals surface area (Å²) in [5, 5.41) is 3.54. The predicted molar refractivity (Wildman–Crippen MR) is 90.5 cm³/mol. The van der Waals surface area contributed by atoms with Crippen LogP contribution in [0.2, 0.25) is 0 Å². The van der Waals surface area contributed by atoms with Gasteiger partial charge in [0.1, 0.15) is 0 Å². The first kappa shape index (κ1) is 24.0. The Hall–Kier alpha value is -0.210. The Bertz CT molecular complexity index is 327. The molecule has 0 aromatic carbocycles. The lowest BCUT2D eigenvalue weighted by atomic mass is 10.1. The zero-order valence-corrected chi connectivity index (χ0v) is 15.9. The topological polar surface area (TPSA) is 78.5 Å². The summed E-state index contributed by atoms with van der Waals surface area (Å²) in [4.78, 5) is 0. The van der Waals surface area contributed by atoms with Crippen LogP contribution in [0, 0.1) is 0 Å². The molecule has 0 rings (SSSR count). The van der Waals surface area contributed by atoms with Gasteiger partial charge < -0.3 is 14.4 Å². The van der Waals surface area contributed by atoms with Crippen molar-refractivity contribution in [3.8, 4) is 0 Å². The minimum Gasteiger partial charge on any atom is -0.726 e. The fourth-order valence-electron chi connectivity index (χ4n) is 1.83. The summed E-state index contributed by atoms with van der Waals surface area (Å²) in [5.74, 6) is 0. The van der Waals surface area contributed by atoms with E-state index in [1.807, 2.05) is 0 Å². The first-order valence-electron chi connectivity index (χ1n) is 8.15. The minimum atomic E-state index is -4.41. The second-order valence-corrected chi connectivity index (χ2v) is 7.61. The van der Waals surface area contributed by atoms with Gasteiger partial charge in [0, 0.05) is 13.0 Å². The SMILES string of the molecule is CCCCCCCCNCCC[N+](C)(C)C.COS(=O)(=O)[O-]. The summed E-state index contributed by atoms with van der Waals surface area (Å²) in [6.07, 6.45) is 9.67. The molecule has 0 radical (unpaired) electrons. The van der Waals surface area contributed by atoms with Crippen molar-refractivity contribution in [3.63, 3.8) is 0 Å². The largest absolute Gasteiger partial charge is 0.726 e. The Morgan fingerprint density at radius 3 is 1.86 bits per heavy atom. The van der Waals surface area contributed by atoms with Crippen molar-refractivity contribution >= 4 is 10.4 Å². The highest BCUT2D eigenvalue weighted by Gasteiger charge is 2.04. The van der Waals surface area contributed by atoms with Gasteiger partial charge in [-0.2, -0.15) is 0 Å². The maximum atomic E-state index is 9.22. The summed E-state index contributed by atoms with van der Waals surface area (Å²) in [6.45, 7) is 5.94. The van der Waals surface area contributed by atoms with Gasteiger partial charge in [-0.05, 0) is 13.0 Å². The molecule has 0 spiro atoms.